The number of hydrogen-bond acceptors (Lipinski definition) is 9. The van der Waals surface area contributed by atoms with Crippen molar-refractivity contribution >= 4 is 50.1 Å². The van der Waals surface area contributed by atoms with E-state index in [9.17, 15) is 0 Å². The van der Waals surface area contributed by atoms with E-state index in [2.05, 4.69) is 49.5 Å². The molecule has 0 spiro atoms. The van der Waals surface area contributed by atoms with E-state index in [1.165, 1.54) is 36.8 Å². The lowest BCUT2D eigenvalue weighted by Gasteiger charge is -2.28. The van der Waals surface area contributed by atoms with Crippen LogP contribution in [0.2, 0.25) is 0 Å². The molecule has 0 aromatic carbocycles. The van der Waals surface area contributed by atoms with Crippen LogP contribution in [0.5, 0.6) is 0 Å². The Labute approximate surface area is 205 Å². The minimum atomic E-state index is 0.569. The summed E-state index contributed by atoms with van der Waals surface area (Å²) in [6, 6.07) is 7.94. The zero-order chi connectivity index (χ0) is 24.1. The predicted octanol–water partition coefficient (Wildman–Crippen LogP) is 4.63. The number of pyridine rings is 2. The van der Waals surface area contributed by atoms with Crippen molar-refractivity contribution in [3.8, 4) is 0 Å². The SMILES string of the molecule is CNCCN(C[C@H](C)CC1CC1)c1ccnc(Nc2nc3ccc(/C(C=N)=C(\C)N)nc3s2)c1. The number of rotatable bonds is 12. The lowest BCUT2D eigenvalue weighted by atomic mass is 10.0. The lowest BCUT2D eigenvalue weighted by molar-refractivity contribution is 0.485. The minimum absolute atomic E-state index is 0.569. The highest BCUT2D eigenvalue weighted by molar-refractivity contribution is 7.21. The molecule has 5 N–H and O–H groups in total. The van der Waals surface area contributed by atoms with Gasteiger partial charge in [0.05, 0.1) is 5.69 Å². The van der Waals surface area contributed by atoms with Gasteiger partial charge in [-0.05, 0) is 50.4 Å². The van der Waals surface area contributed by atoms with E-state index in [1.807, 2.05) is 25.4 Å². The number of fused-ring (bicyclic) bond motifs is 1. The van der Waals surface area contributed by atoms with Gasteiger partial charge in [-0.2, -0.15) is 0 Å². The van der Waals surface area contributed by atoms with E-state index in [1.54, 1.807) is 6.92 Å². The van der Waals surface area contributed by atoms with Gasteiger partial charge >= 0.3 is 0 Å². The molecular formula is C25H34N8S. The maximum Gasteiger partial charge on any atom is 0.190 e. The second-order valence-electron chi connectivity index (χ2n) is 9.14. The maximum atomic E-state index is 7.62. The van der Waals surface area contributed by atoms with Gasteiger partial charge in [-0.1, -0.05) is 31.1 Å². The van der Waals surface area contributed by atoms with E-state index in [4.69, 9.17) is 11.1 Å². The molecule has 180 valence electrons. The summed E-state index contributed by atoms with van der Waals surface area (Å²) in [5.74, 6) is 2.36. The van der Waals surface area contributed by atoms with Gasteiger partial charge in [0.15, 0.2) is 5.13 Å². The fourth-order valence-electron chi connectivity index (χ4n) is 4.15. The third-order valence-corrected chi connectivity index (χ3v) is 6.92. The molecule has 3 aromatic heterocycles. The molecule has 1 aliphatic rings. The molecule has 1 aliphatic carbocycles. The number of thiazole rings is 1. The van der Waals surface area contributed by atoms with Crippen LogP contribution in [-0.2, 0) is 0 Å². The molecule has 0 radical (unpaired) electrons. The number of nitrogens with one attached hydrogen (secondary N) is 3. The lowest BCUT2D eigenvalue weighted by Crippen LogP contribution is -2.34. The summed E-state index contributed by atoms with van der Waals surface area (Å²) < 4.78 is 0. The molecule has 0 amide bonds. The van der Waals surface area contributed by atoms with Crippen molar-refractivity contribution in [2.45, 2.75) is 33.1 Å². The number of nitrogens with two attached hydrogens (primary N) is 1. The highest BCUT2D eigenvalue weighted by atomic mass is 32.1. The molecule has 0 bridgehead atoms. The molecule has 0 saturated heterocycles. The van der Waals surface area contributed by atoms with Crippen LogP contribution in [0.1, 0.15) is 38.8 Å². The molecule has 1 atom stereocenters. The Kier molecular flexibility index (Phi) is 7.74. The Hall–Kier alpha value is -3.04. The van der Waals surface area contributed by atoms with Crippen LogP contribution in [0, 0.1) is 17.2 Å². The molecule has 0 unspecified atom stereocenters. The van der Waals surface area contributed by atoms with Crippen LogP contribution < -0.4 is 21.3 Å². The summed E-state index contributed by atoms with van der Waals surface area (Å²) >= 11 is 1.46. The second-order valence-corrected chi connectivity index (χ2v) is 10.1. The summed E-state index contributed by atoms with van der Waals surface area (Å²) in [5, 5.41) is 15.0. The summed E-state index contributed by atoms with van der Waals surface area (Å²) in [4.78, 5) is 17.1. The van der Waals surface area contributed by atoms with Crippen LogP contribution in [-0.4, -0.2) is 47.8 Å². The van der Waals surface area contributed by atoms with Gasteiger partial charge in [0.25, 0.3) is 0 Å². The summed E-state index contributed by atoms with van der Waals surface area (Å²) in [7, 11) is 1.99. The normalized spacial score (nSPS) is 15.1. The number of nitrogens with zero attached hydrogens (tertiary/aromatic N) is 4. The van der Waals surface area contributed by atoms with Crippen LogP contribution in [0.3, 0.4) is 0 Å². The van der Waals surface area contributed by atoms with Crippen molar-refractivity contribution in [2.24, 2.45) is 17.6 Å². The number of aromatic nitrogens is 3. The molecule has 0 aliphatic heterocycles. The molecule has 8 nitrogen and oxygen atoms in total. The van der Waals surface area contributed by atoms with E-state index in [0.717, 1.165) is 52.5 Å². The van der Waals surface area contributed by atoms with E-state index >= 15 is 0 Å². The standard InChI is InChI=1S/C25H34N8S/c1-16(12-18-4-5-18)15-33(11-10-28-3)19-8-9-29-23(13-19)32-25-31-22-7-6-21(30-24(22)34-25)20(14-26)17(2)27/h6-9,13-14,16,18,26,28H,4-5,10-12,15,27H2,1-3H3,(H,29,31,32)/b20-17+,26-14?/t16-/m1/s1. The van der Waals surface area contributed by atoms with E-state index < -0.39 is 0 Å². The molecule has 1 saturated carbocycles. The van der Waals surface area contributed by atoms with Gasteiger partial charge in [-0.15, -0.1) is 0 Å². The third kappa shape index (κ3) is 6.09. The van der Waals surface area contributed by atoms with Gasteiger partial charge in [0.1, 0.15) is 16.2 Å². The van der Waals surface area contributed by atoms with Crippen molar-refractivity contribution in [1.29, 1.82) is 5.41 Å². The minimum Gasteiger partial charge on any atom is -0.402 e. The zero-order valence-electron chi connectivity index (χ0n) is 20.1. The Morgan fingerprint density at radius 3 is 2.85 bits per heavy atom. The third-order valence-electron chi connectivity index (χ3n) is 6.04. The first-order valence-corrected chi connectivity index (χ1v) is 12.7. The first-order valence-electron chi connectivity index (χ1n) is 11.8. The van der Waals surface area contributed by atoms with Crippen molar-refractivity contribution in [2.75, 3.05) is 36.9 Å². The molecule has 9 heteroatoms. The number of likely N-dealkylation sites (N-methyl/N-ethyl adjacent to an activating group) is 1. The highest BCUT2D eigenvalue weighted by Crippen LogP contribution is 2.36. The molecule has 3 aromatic rings. The Morgan fingerprint density at radius 2 is 2.15 bits per heavy atom. The maximum absolute atomic E-state index is 7.62. The summed E-state index contributed by atoms with van der Waals surface area (Å²) in [5.41, 5.74) is 9.74. The second kappa shape index (κ2) is 10.9. The molecule has 1 fully saturated rings. The molecule has 34 heavy (non-hydrogen) atoms. The average molecular weight is 479 g/mol. The fourth-order valence-corrected chi connectivity index (χ4v) is 5.00. The van der Waals surface area contributed by atoms with Crippen LogP contribution in [0.4, 0.5) is 16.6 Å². The van der Waals surface area contributed by atoms with Crippen LogP contribution >= 0.6 is 11.3 Å². The first kappa shape index (κ1) is 24.1. The quantitative estimate of drug-likeness (QED) is 0.280. The zero-order valence-corrected chi connectivity index (χ0v) is 21.0. The van der Waals surface area contributed by atoms with E-state index in [0.29, 0.717) is 22.9 Å². The van der Waals surface area contributed by atoms with Gasteiger partial charge in [0, 0.05) is 55.1 Å². The van der Waals surface area contributed by atoms with Crippen LogP contribution in [0.25, 0.3) is 15.9 Å². The summed E-state index contributed by atoms with van der Waals surface area (Å²) in [6.45, 7) is 7.06. The Morgan fingerprint density at radius 1 is 1.32 bits per heavy atom. The van der Waals surface area contributed by atoms with Crippen molar-refractivity contribution < 1.29 is 0 Å². The molecular weight excluding hydrogens is 444 g/mol. The van der Waals surface area contributed by atoms with Crippen molar-refractivity contribution in [3.63, 3.8) is 0 Å². The van der Waals surface area contributed by atoms with Crippen LogP contribution in [0.15, 0.2) is 36.2 Å². The van der Waals surface area contributed by atoms with Gasteiger partial charge in [-0.3, -0.25) is 0 Å². The van der Waals surface area contributed by atoms with E-state index in [-0.39, 0.29) is 0 Å². The van der Waals surface area contributed by atoms with Crippen molar-refractivity contribution in [3.05, 3.63) is 41.9 Å². The number of anilines is 3. The summed E-state index contributed by atoms with van der Waals surface area (Å²) in [6.07, 6.45) is 7.20. The Bertz CT molecular complexity index is 1160. The molecule has 4 rings (SSSR count). The predicted molar refractivity (Wildman–Crippen MR) is 143 cm³/mol. The largest absolute Gasteiger partial charge is 0.402 e. The monoisotopic (exact) mass is 478 g/mol. The number of allylic oxidation sites excluding steroid dienone is 2. The smallest absolute Gasteiger partial charge is 0.190 e. The van der Waals surface area contributed by atoms with Gasteiger partial charge in [0.2, 0.25) is 0 Å². The number of hydrogen-bond donors (Lipinski definition) is 4. The van der Waals surface area contributed by atoms with Gasteiger partial charge in [-0.25, -0.2) is 15.0 Å². The van der Waals surface area contributed by atoms with Gasteiger partial charge < -0.3 is 26.7 Å². The fraction of sp³-hybridized carbons (Fsp3) is 0.440. The molecule has 3 heterocycles. The first-order chi connectivity index (χ1) is 16.5. The highest BCUT2D eigenvalue weighted by Gasteiger charge is 2.24. The van der Waals surface area contributed by atoms with Crippen molar-refractivity contribution in [1.82, 2.24) is 20.3 Å². The average Bonchev–Trinajstić information content (AvgIpc) is 3.53. The topological polar surface area (TPSA) is 116 Å². The Balaban J connectivity index is 1.52.